The lowest BCUT2D eigenvalue weighted by Crippen LogP contribution is -2.45. The number of fused-ring (bicyclic) bond motifs is 1. The van der Waals surface area contributed by atoms with Gasteiger partial charge in [0.15, 0.2) is 11.5 Å². The first kappa shape index (κ1) is 21.0. The molecule has 0 unspecified atom stereocenters. The molecule has 4 rings (SSSR count). The summed E-state index contributed by atoms with van der Waals surface area (Å²) in [5.41, 5.74) is 0.960. The van der Waals surface area contributed by atoms with Gasteiger partial charge in [-0.2, -0.15) is 0 Å². The molecule has 2 aliphatic rings. The number of hydrogen-bond acceptors (Lipinski definition) is 5. The van der Waals surface area contributed by atoms with E-state index >= 15 is 0 Å². The van der Waals surface area contributed by atoms with E-state index in [0.717, 1.165) is 17.7 Å². The van der Waals surface area contributed by atoms with Crippen LogP contribution >= 0.6 is 0 Å². The predicted octanol–water partition coefficient (Wildman–Crippen LogP) is 3.34. The summed E-state index contributed by atoms with van der Waals surface area (Å²) in [6.45, 7) is 0.636. The molecule has 1 saturated heterocycles. The number of nitrogens with one attached hydrogen (secondary N) is 1. The molecule has 0 aliphatic carbocycles. The number of rotatable bonds is 4. The Balaban J connectivity index is 1.61. The second-order valence-electron chi connectivity index (χ2n) is 8.19. The van der Waals surface area contributed by atoms with Gasteiger partial charge in [-0.05, 0) is 30.7 Å². The number of hydrogen-bond donors (Lipinski definition) is 1. The van der Waals surface area contributed by atoms with Crippen molar-refractivity contribution in [1.82, 2.24) is 10.2 Å². The molecule has 0 bridgehead atoms. The molecule has 0 aromatic heterocycles. The van der Waals surface area contributed by atoms with E-state index in [4.69, 9.17) is 14.2 Å². The monoisotopic (exact) mass is 424 g/mol. The zero-order chi connectivity index (χ0) is 22.0. The Morgan fingerprint density at radius 2 is 1.90 bits per heavy atom. The van der Waals surface area contributed by atoms with Crippen LogP contribution in [0, 0.1) is 0 Å². The van der Waals surface area contributed by atoms with E-state index in [2.05, 4.69) is 5.32 Å². The van der Waals surface area contributed by atoms with Gasteiger partial charge in [-0.15, -0.1) is 0 Å². The third-order valence-corrected chi connectivity index (χ3v) is 6.27. The van der Waals surface area contributed by atoms with Crippen molar-refractivity contribution in [2.24, 2.45) is 0 Å². The van der Waals surface area contributed by atoms with Crippen LogP contribution in [0.25, 0.3) is 0 Å². The van der Waals surface area contributed by atoms with Crippen molar-refractivity contribution in [1.29, 1.82) is 0 Å². The van der Waals surface area contributed by atoms with Crippen LogP contribution < -0.4 is 19.5 Å². The first-order chi connectivity index (χ1) is 14.9. The zero-order valence-corrected chi connectivity index (χ0v) is 18.1. The average Bonchev–Trinajstić information content (AvgIpc) is 2.92. The first-order valence-electron chi connectivity index (χ1n) is 10.5. The minimum atomic E-state index is -0.482. The standard InChI is InChI=1S/C24H28N2O5/c1-26-13-12-24(11-10-22(26)27)15-18(17-6-4-5-7-19(17)31-24)25-23(28)16-8-9-20(29-2)21(14-16)30-3/h4-9,14,18H,10-13,15H2,1-3H3,(H,25,28)/t18-,24+/m1/s1. The fraction of sp³-hybridized carbons (Fsp3) is 0.417. The molecule has 7 nitrogen and oxygen atoms in total. The van der Waals surface area contributed by atoms with E-state index in [1.807, 2.05) is 31.3 Å². The van der Waals surface area contributed by atoms with Gasteiger partial charge in [-0.25, -0.2) is 0 Å². The van der Waals surface area contributed by atoms with Crippen molar-refractivity contribution in [3.8, 4) is 17.2 Å². The average molecular weight is 424 g/mol. The molecule has 2 heterocycles. The Morgan fingerprint density at radius 1 is 1.13 bits per heavy atom. The largest absolute Gasteiger partial charge is 0.493 e. The van der Waals surface area contributed by atoms with Gasteiger partial charge in [0.2, 0.25) is 5.91 Å². The molecule has 2 amide bonds. The topological polar surface area (TPSA) is 77.1 Å². The number of ether oxygens (including phenoxy) is 3. The van der Waals surface area contributed by atoms with Gasteiger partial charge in [-0.3, -0.25) is 9.59 Å². The Morgan fingerprint density at radius 3 is 2.68 bits per heavy atom. The van der Waals surface area contributed by atoms with Crippen LogP contribution in [0.1, 0.15) is 47.6 Å². The lowest BCUT2D eigenvalue weighted by atomic mass is 9.82. The molecule has 7 heteroatoms. The van der Waals surface area contributed by atoms with Crippen LogP contribution in [0.2, 0.25) is 0 Å². The zero-order valence-electron chi connectivity index (χ0n) is 18.1. The summed E-state index contributed by atoms with van der Waals surface area (Å²) >= 11 is 0. The quantitative estimate of drug-likeness (QED) is 0.815. The number of nitrogens with zero attached hydrogens (tertiary/aromatic N) is 1. The van der Waals surface area contributed by atoms with Crippen molar-refractivity contribution in [2.75, 3.05) is 27.8 Å². The lowest BCUT2D eigenvalue weighted by molar-refractivity contribution is -0.129. The molecular formula is C24H28N2O5. The molecule has 31 heavy (non-hydrogen) atoms. The van der Waals surface area contributed by atoms with Crippen molar-refractivity contribution in [3.63, 3.8) is 0 Å². The van der Waals surface area contributed by atoms with Crippen LogP contribution in [-0.2, 0) is 4.79 Å². The molecule has 2 atom stereocenters. The summed E-state index contributed by atoms with van der Waals surface area (Å²) in [6, 6.07) is 12.7. The molecule has 164 valence electrons. The third-order valence-electron chi connectivity index (χ3n) is 6.27. The molecule has 1 fully saturated rings. The summed E-state index contributed by atoms with van der Waals surface area (Å²) in [6.07, 6.45) is 2.42. The second kappa shape index (κ2) is 8.49. The van der Waals surface area contributed by atoms with E-state index in [9.17, 15) is 9.59 Å². The highest BCUT2D eigenvalue weighted by atomic mass is 16.5. The van der Waals surface area contributed by atoms with Gasteiger partial charge >= 0.3 is 0 Å². The molecule has 2 aromatic rings. The molecule has 0 radical (unpaired) electrons. The highest BCUT2D eigenvalue weighted by Gasteiger charge is 2.43. The third kappa shape index (κ3) is 4.17. The maximum Gasteiger partial charge on any atom is 0.251 e. The van der Waals surface area contributed by atoms with Crippen LogP contribution in [0.15, 0.2) is 42.5 Å². The Bertz CT molecular complexity index is 992. The number of carbonyl (C=O) groups is 2. The van der Waals surface area contributed by atoms with Gasteiger partial charge in [0.1, 0.15) is 11.4 Å². The molecule has 2 aromatic carbocycles. The number of amides is 2. The van der Waals surface area contributed by atoms with E-state index in [-0.39, 0.29) is 17.9 Å². The maximum atomic E-state index is 13.1. The van der Waals surface area contributed by atoms with Gasteiger partial charge in [0, 0.05) is 44.0 Å². The summed E-state index contributed by atoms with van der Waals surface area (Å²) in [4.78, 5) is 27.1. The van der Waals surface area contributed by atoms with Crippen LogP contribution in [0.3, 0.4) is 0 Å². The number of likely N-dealkylation sites (tertiary alicyclic amines) is 1. The number of para-hydroxylation sites is 1. The van der Waals surface area contributed by atoms with Crippen LogP contribution in [0.4, 0.5) is 0 Å². The maximum absolute atomic E-state index is 13.1. The molecule has 0 saturated carbocycles. The van der Waals surface area contributed by atoms with Gasteiger partial charge in [0.05, 0.1) is 20.3 Å². The minimum absolute atomic E-state index is 0.130. The Hall–Kier alpha value is -3.22. The fourth-order valence-electron chi connectivity index (χ4n) is 4.42. The molecule has 1 spiro atoms. The van der Waals surface area contributed by atoms with Crippen molar-refractivity contribution in [2.45, 2.75) is 37.3 Å². The summed E-state index contributed by atoms with van der Waals surface area (Å²) in [5, 5.41) is 3.18. The molecule has 1 N–H and O–H groups in total. The van der Waals surface area contributed by atoms with Crippen LogP contribution in [0.5, 0.6) is 17.2 Å². The first-order valence-corrected chi connectivity index (χ1v) is 10.5. The van der Waals surface area contributed by atoms with Crippen LogP contribution in [-0.4, -0.2) is 50.1 Å². The van der Waals surface area contributed by atoms with Crippen molar-refractivity contribution < 1.29 is 23.8 Å². The summed E-state index contributed by atoms with van der Waals surface area (Å²) < 4.78 is 17.1. The number of benzene rings is 2. The van der Waals surface area contributed by atoms with Gasteiger partial charge < -0.3 is 24.4 Å². The Labute approximate surface area is 182 Å². The number of carbonyl (C=O) groups excluding carboxylic acids is 2. The van der Waals surface area contributed by atoms with Gasteiger partial charge in [-0.1, -0.05) is 18.2 Å². The molecule has 2 aliphatic heterocycles. The van der Waals surface area contributed by atoms with E-state index in [1.54, 1.807) is 37.3 Å². The predicted molar refractivity (Wildman–Crippen MR) is 116 cm³/mol. The SMILES string of the molecule is COc1ccc(C(=O)N[C@@H]2C[C@@]3(CCC(=O)N(C)CC3)Oc3ccccc32)cc1OC. The lowest BCUT2D eigenvalue weighted by Gasteiger charge is -2.42. The van der Waals surface area contributed by atoms with E-state index < -0.39 is 5.60 Å². The molecular weight excluding hydrogens is 396 g/mol. The highest BCUT2D eigenvalue weighted by Crippen LogP contribution is 2.44. The van der Waals surface area contributed by atoms with E-state index in [1.165, 1.54) is 0 Å². The van der Waals surface area contributed by atoms with Gasteiger partial charge in [0.25, 0.3) is 5.91 Å². The minimum Gasteiger partial charge on any atom is -0.493 e. The fourth-order valence-corrected chi connectivity index (χ4v) is 4.42. The Kier molecular flexibility index (Phi) is 5.76. The normalized spacial score (nSPS) is 22.9. The number of methoxy groups -OCH3 is 2. The summed E-state index contributed by atoms with van der Waals surface area (Å²) in [5.74, 6) is 1.78. The highest BCUT2D eigenvalue weighted by molar-refractivity contribution is 5.95. The second-order valence-corrected chi connectivity index (χ2v) is 8.19. The smallest absolute Gasteiger partial charge is 0.251 e. The van der Waals surface area contributed by atoms with Crippen molar-refractivity contribution in [3.05, 3.63) is 53.6 Å². The van der Waals surface area contributed by atoms with Crippen molar-refractivity contribution >= 4 is 11.8 Å². The van der Waals surface area contributed by atoms with E-state index in [0.29, 0.717) is 42.9 Å². The summed E-state index contributed by atoms with van der Waals surface area (Å²) in [7, 11) is 4.93.